The smallest absolute Gasteiger partial charge is 0.354 e. The number of nitrogens with zero attached hydrogens (tertiary/aromatic N) is 1. The van der Waals surface area contributed by atoms with Gasteiger partial charge in [-0.3, -0.25) is 0 Å². The lowest BCUT2D eigenvalue weighted by atomic mass is 10.2. The zero-order valence-electron chi connectivity index (χ0n) is 7.23. The topological polar surface area (TPSA) is 50.2 Å². The van der Waals surface area contributed by atoms with Gasteiger partial charge in [0.15, 0.2) is 0 Å². The lowest BCUT2D eigenvalue weighted by Crippen LogP contribution is -2.02. The Hall–Kier alpha value is -1.38. The van der Waals surface area contributed by atoms with Gasteiger partial charge in [-0.15, -0.1) is 0 Å². The van der Waals surface area contributed by atoms with Gasteiger partial charge >= 0.3 is 5.97 Å². The van der Waals surface area contributed by atoms with Crippen molar-refractivity contribution in [1.29, 1.82) is 0 Å². The van der Waals surface area contributed by atoms with E-state index in [1.54, 1.807) is 6.07 Å². The van der Waals surface area contributed by atoms with Crippen molar-refractivity contribution < 1.29 is 9.90 Å². The van der Waals surface area contributed by atoms with Crippen molar-refractivity contribution in [2.24, 2.45) is 5.92 Å². The molecule has 1 aromatic rings. The molecule has 0 saturated heterocycles. The highest BCUT2D eigenvalue weighted by molar-refractivity contribution is 5.85. The molecule has 3 nitrogen and oxygen atoms in total. The highest BCUT2D eigenvalue weighted by Crippen LogP contribution is 2.31. The first-order chi connectivity index (χ1) is 6.25. The number of aromatic nitrogens is 1. The maximum absolute atomic E-state index is 10.6. The molecule has 1 fully saturated rings. The Labute approximate surface area is 76.4 Å². The van der Waals surface area contributed by atoms with Gasteiger partial charge in [0.2, 0.25) is 0 Å². The predicted octanol–water partition coefficient (Wildman–Crippen LogP) is 1.73. The molecule has 1 aliphatic carbocycles. The van der Waals surface area contributed by atoms with E-state index in [2.05, 4.69) is 4.98 Å². The van der Waals surface area contributed by atoms with Crippen LogP contribution in [-0.2, 0) is 6.42 Å². The van der Waals surface area contributed by atoms with Crippen molar-refractivity contribution in [2.75, 3.05) is 0 Å². The zero-order valence-corrected chi connectivity index (χ0v) is 7.23. The first kappa shape index (κ1) is 8.23. The molecule has 0 radical (unpaired) electrons. The molecule has 0 atom stereocenters. The summed E-state index contributed by atoms with van der Waals surface area (Å²) < 4.78 is 0. The minimum atomic E-state index is -0.947. The zero-order chi connectivity index (χ0) is 9.26. The molecule has 0 aliphatic heterocycles. The fourth-order valence-corrected chi connectivity index (χ4v) is 1.33. The summed E-state index contributed by atoms with van der Waals surface area (Å²) in [5.74, 6) is -0.200. The van der Waals surface area contributed by atoms with Gasteiger partial charge in [0.1, 0.15) is 5.69 Å². The van der Waals surface area contributed by atoms with Crippen LogP contribution in [0.5, 0.6) is 0 Å². The third-order valence-electron chi connectivity index (χ3n) is 2.22. The molecule has 0 aromatic carbocycles. The van der Waals surface area contributed by atoms with Crippen LogP contribution in [0.4, 0.5) is 0 Å². The monoisotopic (exact) mass is 177 g/mol. The normalized spacial score (nSPS) is 15.7. The number of carbonyl (C=O) groups is 1. The molecule has 0 amide bonds. The Morgan fingerprint density at radius 1 is 1.54 bits per heavy atom. The van der Waals surface area contributed by atoms with E-state index in [1.807, 2.05) is 6.07 Å². The SMILES string of the molecule is O=C(O)c1cccc(CC2CC2)n1. The minimum Gasteiger partial charge on any atom is -0.477 e. The molecular formula is C10H11NO2. The second kappa shape index (κ2) is 3.17. The second-order valence-corrected chi connectivity index (χ2v) is 3.47. The van der Waals surface area contributed by atoms with Gasteiger partial charge in [-0.25, -0.2) is 9.78 Å². The maximum Gasteiger partial charge on any atom is 0.354 e. The van der Waals surface area contributed by atoms with Gasteiger partial charge in [-0.2, -0.15) is 0 Å². The summed E-state index contributed by atoms with van der Waals surface area (Å²) in [7, 11) is 0. The Morgan fingerprint density at radius 3 is 2.92 bits per heavy atom. The molecule has 1 N–H and O–H groups in total. The fraction of sp³-hybridized carbons (Fsp3) is 0.400. The van der Waals surface area contributed by atoms with Crippen molar-refractivity contribution >= 4 is 5.97 Å². The highest BCUT2D eigenvalue weighted by Gasteiger charge is 2.22. The number of hydrogen-bond acceptors (Lipinski definition) is 2. The maximum atomic E-state index is 10.6. The number of rotatable bonds is 3. The molecular weight excluding hydrogens is 166 g/mol. The third kappa shape index (κ3) is 2.05. The van der Waals surface area contributed by atoms with E-state index in [1.165, 1.54) is 18.9 Å². The van der Waals surface area contributed by atoms with Crippen molar-refractivity contribution in [3.8, 4) is 0 Å². The molecule has 1 saturated carbocycles. The number of carboxylic acids is 1. The Morgan fingerprint density at radius 2 is 2.31 bits per heavy atom. The molecule has 0 bridgehead atoms. The molecule has 3 heteroatoms. The van der Waals surface area contributed by atoms with Crippen LogP contribution < -0.4 is 0 Å². The summed E-state index contributed by atoms with van der Waals surface area (Å²) in [5, 5.41) is 8.70. The summed E-state index contributed by atoms with van der Waals surface area (Å²) in [4.78, 5) is 14.6. The van der Waals surface area contributed by atoms with Crippen LogP contribution in [-0.4, -0.2) is 16.1 Å². The largest absolute Gasteiger partial charge is 0.477 e. The van der Waals surface area contributed by atoms with E-state index in [4.69, 9.17) is 5.11 Å². The molecule has 1 aromatic heterocycles. The summed E-state index contributed by atoms with van der Waals surface area (Å²) in [6.07, 6.45) is 3.46. The van der Waals surface area contributed by atoms with Crippen molar-refractivity contribution in [3.63, 3.8) is 0 Å². The molecule has 1 aliphatic rings. The summed E-state index contributed by atoms with van der Waals surface area (Å²) in [6.45, 7) is 0. The van der Waals surface area contributed by atoms with E-state index in [0.29, 0.717) is 0 Å². The number of pyridine rings is 1. The molecule has 68 valence electrons. The summed E-state index contributed by atoms with van der Waals surface area (Å²) >= 11 is 0. The Bertz CT molecular complexity index is 331. The van der Waals surface area contributed by atoms with E-state index >= 15 is 0 Å². The molecule has 13 heavy (non-hydrogen) atoms. The van der Waals surface area contributed by atoms with Crippen LogP contribution in [0.1, 0.15) is 29.0 Å². The van der Waals surface area contributed by atoms with Crippen LogP contribution in [0.2, 0.25) is 0 Å². The minimum absolute atomic E-state index is 0.151. The van der Waals surface area contributed by atoms with Crippen molar-refractivity contribution in [3.05, 3.63) is 29.6 Å². The van der Waals surface area contributed by atoms with Gasteiger partial charge in [-0.05, 0) is 37.3 Å². The molecule has 0 spiro atoms. The molecule has 1 heterocycles. The van der Waals surface area contributed by atoms with Crippen molar-refractivity contribution in [2.45, 2.75) is 19.3 Å². The lowest BCUT2D eigenvalue weighted by molar-refractivity contribution is 0.0690. The number of aromatic carboxylic acids is 1. The van der Waals surface area contributed by atoms with Gasteiger partial charge in [0.25, 0.3) is 0 Å². The standard InChI is InChI=1S/C10H11NO2/c12-10(13)9-3-1-2-8(11-9)6-7-4-5-7/h1-3,7H,4-6H2,(H,12,13). The number of carboxylic acid groups (broad SMARTS) is 1. The second-order valence-electron chi connectivity index (χ2n) is 3.47. The van der Waals surface area contributed by atoms with Crippen LogP contribution in [0.25, 0.3) is 0 Å². The van der Waals surface area contributed by atoms with Crippen LogP contribution >= 0.6 is 0 Å². The third-order valence-corrected chi connectivity index (χ3v) is 2.22. The van der Waals surface area contributed by atoms with Crippen LogP contribution in [0.15, 0.2) is 18.2 Å². The van der Waals surface area contributed by atoms with Crippen LogP contribution in [0, 0.1) is 5.92 Å². The first-order valence-corrected chi connectivity index (χ1v) is 4.45. The first-order valence-electron chi connectivity index (χ1n) is 4.45. The summed E-state index contributed by atoms with van der Waals surface area (Å²) in [6, 6.07) is 5.18. The van der Waals surface area contributed by atoms with Crippen molar-refractivity contribution in [1.82, 2.24) is 4.98 Å². The van der Waals surface area contributed by atoms with Crippen LogP contribution in [0.3, 0.4) is 0 Å². The van der Waals surface area contributed by atoms with E-state index in [-0.39, 0.29) is 5.69 Å². The number of hydrogen-bond donors (Lipinski definition) is 1. The Balaban J connectivity index is 2.15. The average molecular weight is 177 g/mol. The average Bonchev–Trinajstić information content (AvgIpc) is 2.89. The molecule has 0 unspecified atom stereocenters. The quantitative estimate of drug-likeness (QED) is 0.764. The highest BCUT2D eigenvalue weighted by atomic mass is 16.4. The summed E-state index contributed by atoms with van der Waals surface area (Å²) in [5.41, 5.74) is 1.06. The molecule has 2 rings (SSSR count). The van der Waals surface area contributed by atoms with Gasteiger partial charge in [0.05, 0.1) is 0 Å². The van der Waals surface area contributed by atoms with Gasteiger partial charge in [-0.1, -0.05) is 6.07 Å². The van der Waals surface area contributed by atoms with E-state index in [9.17, 15) is 4.79 Å². The fourth-order valence-electron chi connectivity index (χ4n) is 1.33. The van der Waals surface area contributed by atoms with Gasteiger partial charge < -0.3 is 5.11 Å². The van der Waals surface area contributed by atoms with Gasteiger partial charge in [0, 0.05) is 5.69 Å². The van der Waals surface area contributed by atoms with E-state index < -0.39 is 5.97 Å². The Kier molecular flexibility index (Phi) is 2.00. The van der Waals surface area contributed by atoms with E-state index in [0.717, 1.165) is 18.0 Å². The predicted molar refractivity (Wildman–Crippen MR) is 47.6 cm³/mol. The lowest BCUT2D eigenvalue weighted by Gasteiger charge is -1.99.